The summed E-state index contributed by atoms with van der Waals surface area (Å²) < 4.78 is 14.4. The molecule has 1 N–H and O–H groups in total. The van der Waals surface area contributed by atoms with Crippen molar-refractivity contribution in [3.05, 3.63) is 34.1 Å². The van der Waals surface area contributed by atoms with Gasteiger partial charge in [0.1, 0.15) is 5.82 Å². The van der Waals surface area contributed by atoms with Crippen LogP contribution in [0.3, 0.4) is 0 Å². The second kappa shape index (κ2) is 5.21. The number of benzene rings is 1. The average Bonchev–Trinajstić information content (AvgIpc) is 2.85. The summed E-state index contributed by atoms with van der Waals surface area (Å²) in [6, 6.07) is 4.64. The van der Waals surface area contributed by atoms with Crippen molar-refractivity contribution in [1.29, 1.82) is 0 Å². The van der Waals surface area contributed by atoms with Crippen LogP contribution in [0.5, 0.6) is 0 Å². The van der Waals surface area contributed by atoms with Crippen LogP contribution in [0.4, 0.5) is 4.39 Å². The minimum Gasteiger partial charge on any atom is -0.338 e. The van der Waals surface area contributed by atoms with Gasteiger partial charge in [-0.1, -0.05) is 6.07 Å². The highest BCUT2D eigenvalue weighted by Crippen LogP contribution is 2.29. The Labute approximate surface area is 120 Å². The second-order valence-corrected chi connectivity index (χ2v) is 6.17. The lowest BCUT2D eigenvalue weighted by Crippen LogP contribution is -2.43. The zero-order chi connectivity index (χ0) is 13.4. The fourth-order valence-electron chi connectivity index (χ4n) is 3.08. The molecule has 2 saturated heterocycles. The maximum Gasteiger partial charge on any atom is 0.257 e. The van der Waals surface area contributed by atoms with E-state index >= 15 is 0 Å². The molecule has 1 amide bonds. The number of carbonyl (C=O) groups is 1. The monoisotopic (exact) mass is 326 g/mol. The molecule has 0 aliphatic carbocycles. The Hall–Kier alpha value is -0.940. The van der Waals surface area contributed by atoms with Gasteiger partial charge in [-0.15, -0.1) is 0 Å². The summed E-state index contributed by atoms with van der Waals surface area (Å²) in [7, 11) is 0. The third-order valence-electron chi connectivity index (χ3n) is 4.17. The number of nitrogens with one attached hydrogen (secondary N) is 1. The number of carbonyl (C=O) groups excluding carboxylic acids is 1. The van der Waals surface area contributed by atoms with E-state index in [4.69, 9.17) is 0 Å². The zero-order valence-corrected chi connectivity index (χ0v) is 12.1. The van der Waals surface area contributed by atoms with E-state index in [2.05, 4.69) is 21.2 Å². The van der Waals surface area contributed by atoms with Gasteiger partial charge in [0.05, 0.1) is 5.56 Å². The average molecular weight is 327 g/mol. The van der Waals surface area contributed by atoms with Crippen molar-refractivity contribution in [3.63, 3.8) is 0 Å². The molecule has 19 heavy (non-hydrogen) atoms. The minimum atomic E-state index is -0.453. The van der Waals surface area contributed by atoms with Gasteiger partial charge < -0.3 is 10.2 Å². The topological polar surface area (TPSA) is 32.3 Å². The summed E-state index contributed by atoms with van der Waals surface area (Å²) in [5.41, 5.74) is 0.159. The van der Waals surface area contributed by atoms with Gasteiger partial charge in [0, 0.05) is 17.6 Å². The normalized spacial score (nSPS) is 26.3. The molecule has 3 nitrogen and oxygen atoms in total. The number of hydrogen-bond acceptors (Lipinski definition) is 2. The first-order chi connectivity index (χ1) is 9.16. The van der Waals surface area contributed by atoms with Crippen molar-refractivity contribution in [2.45, 2.75) is 6.42 Å². The van der Waals surface area contributed by atoms with E-state index < -0.39 is 5.82 Å². The lowest BCUT2D eigenvalue weighted by Gasteiger charge is -2.34. The van der Waals surface area contributed by atoms with Crippen LogP contribution in [-0.4, -0.2) is 37.0 Å². The van der Waals surface area contributed by atoms with Gasteiger partial charge in [0.2, 0.25) is 0 Å². The summed E-state index contributed by atoms with van der Waals surface area (Å²) in [4.78, 5) is 14.3. The molecule has 2 heterocycles. The largest absolute Gasteiger partial charge is 0.338 e. The molecular formula is C14H16BrFN2O. The van der Waals surface area contributed by atoms with E-state index in [0.29, 0.717) is 16.3 Å². The molecule has 1 aromatic rings. The molecule has 0 radical (unpaired) electrons. The van der Waals surface area contributed by atoms with Gasteiger partial charge in [-0.3, -0.25) is 4.79 Å². The van der Waals surface area contributed by atoms with Crippen molar-refractivity contribution < 1.29 is 9.18 Å². The summed E-state index contributed by atoms with van der Waals surface area (Å²) >= 11 is 3.27. The standard InChI is InChI=1S/C14H16BrFN2O/c15-11-2-1-3-12(16)13(11)14(19)18-5-4-9-6-17-7-10(9)8-18/h1-3,9-10,17H,4-8H2. The highest BCUT2D eigenvalue weighted by atomic mass is 79.9. The quantitative estimate of drug-likeness (QED) is 0.858. The predicted molar refractivity (Wildman–Crippen MR) is 74.5 cm³/mol. The van der Waals surface area contributed by atoms with Crippen LogP contribution in [-0.2, 0) is 0 Å². The van der Waals surface area contributed by atoms with Gasteiger partial charge in [-0.2, -0.15) is 0 Å². The van der Waals surface area contributed by atoms with Crippen LogP contribution in [0.1, 0.15) is 16.8 Å². The van der Waals surface area contributed by atoms with Crippen molar-refractivity contribution in [1.82, 2.24) is 10.2 Å². The van der Waals surface area contributed by atoms with Gasteiger partial charge in [-0.05, 0) is 59.4 Å². The SMILES string of the molecule is O=C(c1c(F)cccc1Br)N1CCC2CNCC2C1. The summed E-state index contributed by atoms with van der Waals surface area (Å²) in [6.45, 7) is 3.47. The molecule has 1 aromatic carbocycles. The Morgan fingerprint density at radius 2 is 2.16 bits per heavy atom. The van der Waals surface area contributed by atoms with Crippen molar-refractivity contribution in [3.8, 4) is 0 Å². The molecule has 3 rings (SSSR count). The van der Waals surface area contributed by atoms with E-state index in [1.807, 2.05) is 0 Å². The van der Waals surface area contributed by atoms with Crippen LogP contribution >= 0.6 is 15.9 Å². The summed E-state index contributed by atoms with van der Waals surface area (Å²) in [5.74, 6) is 0.540. The van der Waals surface area contributed by atoms with Gasteiger partial charge in [0.15, 0.2) is 0 Å². The first-order valence-electron chi connectivity index (χ1n) is 6.61. The number of likely N-dealkylation sites (tertiary alicyclic amines) is 1. The molecule has 2 aliphatic heterocycles. The van der Waals surface area contributed by atoms with E-state index in [0.717, 1.165) is 32.6 Å². The van der Waals surface area contributed by atoms with Crippen molar-refractivity contribution in [2.75, 3.05) is 26.2 Å². The Morgan fingerprint density at radius 1 is 1.37 bits per heavy atom. The lowest BCUT2D eigenvalue weighted by atomic mass is 9.88. The lowest BCUT2D eigenvalue weighted by molar-refractivity contribution is 0.0637. The highest BCUT2D eigenvalue weighted by molar-refractivity contribution is 9.10. The van der Waals surface area contributed by atoms with Crippen LogP contribution in [0.15, 0.2) is 22.7 Å². The van der Waals surface area contributed by atoms with Crippen LogP contribution < -0.4 is 5.32 Å². The van der Waals surface area contributed by atoms with Crippen molar-refractivity contribution in [2.24, 2.45) is 11.8 Å². The van der Waals surface area contributed by atoms with Crippen molar-refractivity contribution >= 4 is 21.8 Å². The van der Waals surface area contributed by atoms with Gasteiger partial charge in [-0.25, -0.2) is 4.39 Å². The minimum absolute atomic E-state index is 0.159. The molecule has 0 aromatic heterocycles. The maximum atomic E-state index is 13.8. The Kier molecular flexibility index (Phi) is 3.58. The first kappa shape index (κ1) is 13.1. The Morgan fingerprint density at radius 3 is 2.95 bits per heavy atom. The molecule has 102 valence electrons. The molecule has 0 spiro atoms. The molecule has 0 saturated carbocycles. The Bertz CT molecular complexity index is 488. The molecule has 2 atom stereocenters. The fourth-order valence-corrected chi connectivity index (χ4v) is 3.59. The number of piperidine rings is 1. The van der Waals surface area contributed by atoms with Crippen LogP contribution in [0, 0.1) is 17.7 Å². The maximum absolute atomic E-state index is 13.8. The van der Waals surface area contributed by atoms with E-state index in [1.165, 1.54) is 6.07 Å². The molecule has 5 heteroatoms. The van der Waals surface area contributed by atoms with Gasteiger partial charge in [0.25, 0.3) is 5.91 Å². The van der Waals surface area contributed by atoms with Crippen LogP contribution in [0.25, 0.3) is 0 Å². The third kappa shape index (κ3) is 2.41. The summed E-state index contributed by atoms with van der Waals surface area (Å²) in [6.07, 6.45) is 1.01. The van der Waals surface area contributed by atoms with E-state index in [-0.39, 0.29) is 11.5 Å². The number of fused-ring (bicyclic) bond motifs is 1. The van der Waals surface area contributed by atoms with E-state index in [9.17, 15) is 9.18 Å². The highest BCUT2D eigenvalue weighted by Gasteiger charge is 2.35. The number of halogens is 2. The Balaban J connectivity index is 1.81. The van der Waals surface area contributed by atoms with Crippen LogP contribution in [0.2, 0.25) is 0 Å². The number of hydrogen-bond donors (Lipinski definition) is 1. The van der Waals surface area contributed by atoms with Gasteiger partial charge >= 0.3 is 0 Å². The number of nitrogens with zero attached hydrogens (tertiary/aromatic N) is 1. The number of amides is 1. The molecular weight excluding hydrogens is 311 g/mol. The fraction of sp³-hybridized carbons (Fsp3) is 0.500. The number of rotatable bonds is 1. The summed E-state index contributed by atoms with van der Waals surface area (Å²) in [5, 5.41) is 3.36. The molecule has 2 aliphatic rings. The molecule has 0 bridgehead atoms. The zero-order valence-electron chi connectivity index (χ0n) is 10.5. The molecule has 2 unspecified atom stereocenters. The van der Waals surface area contributed by atoms with E-state index in [1.54, 1.807) is 17.0 Å². The first-order valence-corrected chi connectivity index (χ1v) is 7.40. The smallest absolute Gasteiger partial charge is 0.257 e. The third-order valence-corrected chi connectivity index (χ3v) is 4.83. The molecule has 2 fully saturated rings. The predicted octanol–water partition coefficient (Wildman–Crippen LogP) is 2.27. The second-order valence-electron chi connectivity index (χ2n) is 5.31.